The van der Waals surface area contributed by atoms with Gasteiger partial charge in [0.05, 0.1) is 22.4 Å². The van der Waals surface area contributed by atoms with Crippen molar-refractivity contribution in [1.29, 1.82) is 0 Å². The summed E-state index contributed by atoms with van der Waals surface area (Å²) < 4.78 is 30.1. The molecule has 0 spiro atoms. The van der Waals surface area contributed by atoms with Gasteiger partial charge in [0.25, 0.3) is 10.0 Å². The molecule has 0 atom stereocenters. The second kappa shape index (κ2) is 6.90. The van der Waals surface area contributed by atoms with E-state index in [0.29, 0.717) is 5.69 Å². The number of aromatic hydroxyl groups is 1. The van der Waals surface area contributed by atoms with Crippen molar-refractivity contribution in [2.75, 3.05) is 4.72 Å². The molecule has 6 nitrogen and oxygen atoms in total. The fourth-order valence-electron chi connectivity index (χ4n) is 2.63. The molecule has 0 saturated carbocycles. The molecule has 136 valence electrons. The summed E-state index contributed by atoms with van der Waals surface area (Å²) in [5.74, 6) is -0.0198. The van der Waals surface area contributed by atoms with Crippen LogP contribution in [0, 0.1) is 0 Å². The zero-order valence-electron chi connectivity index (χ0n) is 14.0. The molecule has 2 aromatic heterocycles. The zero-order chi connectivity index (χ0) is 18.9. The maximum absolute atomic E-state index is 13.0. The van der Waals surface area contributed by atoms with E-state index in [4.69, 9.17) is 0 Å². The maximum Gasteiger partial charge on any atom is 0.265 e. The summed E-state index contributed by atoms with van der Waals surface area (Å²) in [5.41, 5.74) is 1.41. The molecule has 2 heterocycles. The van der Waals surface area contributed by atoms with E-state index < -0.39 is 10.0 Å². The first-order valence-corrected chi connectivity index (χ1v) is 10.4. The third-order valence-corrected chi connectivity index (χ3v) is 6.10. The Morgan fingerprint density at radius 3 is 2.52 bits per heavy atom. The molecule has 4 aromatic rings. The van der Waals surface area contributed by atoms with E-state index in [-0.39, 0.29) is 16.3 Å². The molecule has 0 aliphatic carbocycles. The summed E-state index contributed by atoms with van der Waals surface area (Å²) >= 11 is 1.42. The summed E-state index contributed by atoms with van der Waals surface area (Å²) in [7, 11) is -3.91. The highest BCUT2D eigenvalue weighted by molar-refractivity contribution is 7.92. The van der Waals surface area contributed by atoms with Crippen molar-refractivity contribution >= 4 is 27.0 Å². The van der Waals surface area contributed by atoms with Crippen molar-refractivity contribution in [2.45, 2.75) is 4.90 Å². The average molecular weight is 397 g/mol. The summed E-state index contributed by atoms with van der Waals surface area (Å²) in [6, 6.07) is 19.0. The lowest BCUT2D eigenvalue weighted by molar-refractivity contribution is 0.475. The summed E-state index contributed by atoms with van der Waals surface area (Å²) in [6.07, 6.45) is 1.50. The molecule has 27 heavy (non-hydrogen) atoms. The predicted octanol–water partition coefficient (Wildman–Crippen LogP) is 4.11. The minimum absolute atomic E-state index is 0.0198. The van der Waals surface area contributed by atoms with Crippen molar-refractivity contribution in [1.82, 2.24) is 9.78 Å². The molecular formula is C19H15N3O3S2. The van der Waals surface area contributed by atoms with Gasteiger partial charge >= 0.3 is 0 Å². The van der Waals surface area contributed by atoms with Gasteiger partial charge in [-0.2, -0.15) is 5.10 Å². The van der Waals surface area contributed by atoms with Crippen molar-refractivity contribution in [3.05, 3.63) is 78.3 Å². The number of benzene rings is 2. The van der Waals surface area contributed by atoms with Crippen LogP contribution in [-0.4, -0.2) is 23.3 Å². The fraction of sp³-hybridized carbons (Fsp3) is 0. The number of aromatic nitrogens is 2. The standard InChI is InChI=1S/C19H15N3O3S2/c23-16-9-4-6-14(12-16)21-27(24,25)18-13-22(15-7-2-1-3-8-15)20-19(18)17-10-5-11-26-17/h1-13,21,23H. The molecule has 2 N–H and O–H groups in total. The second-order valence-corrected chi connectivity index (χ2v) is 8.35. The lowest BCUT2D eigenvalue weighted by Gasteiger charge is -2.07. The number of para-hydroxylation sites is 1. The van der Waals surface area contributed by atoms with Crippen LogP contribution < -0.4 is 4.72 Å². The topological polar surface area (TPSA) is 84.2 Å². The van der Waals surface area contributed by atoms with E-state index >= 15 is 0 Å². The van der Waals surface area contributed by atoms with Crippen molar-refractivity contribution in [3.8, 4) is 22.0 Å². The molecule has 8 heteroatoms. The number of sulfonamides is 1. The minimum atomic E-state index is -3.91. The Kier molecular flexibility index (Phi) is 4.43. The Morgan fingerprint density at radius 2 is 1.81 bits per heavy atom. The SMILES string of the molecule is O=S(=O)(Nc1cccc(O)c1)c1cn(-c2ccccc2)nc1-c1cccs1. The molecule has 0 aliphatic rings. The second-order valence-electron chi connectivity index (χ2n) is 5.76. The van der Waals surface area contributed by atoms with E-state index in [9.17, 15) is 13.5 Å². The van der Waals surface area contributed by atoms with Crippen molar-refractivity contribution in [3.63, 3.8) is 0 Å². The fourth-order valence-corrected chi connectivity index (χ4v) is 4.61. The van der Waals surface area contributed by atoms with Gasteiger partial charge in [-0.15, -0.1) is 11.3 Å². The van der Waals surface area contributed by atoms with E-state index in [2.05, 4.69) is 9.82 Å². The summed E-state index contributed by atoms with van der Waals surface area (Å²) in [4.78, 5) is 0.818. The molecular weight excluding hydrogens is 382 g/mol. The summed E-state index contributed by atoms with van der Waals surface area (Å²) in [5, 5.41) is 16.0. The van der Waals surface area contributed by atoms with E-state index in [1.54, 1.807) is 16.8 Å². The van der Waals surface area contributed by atoms with Crippen molar-refractivity contribution < 1.29 is 13.5 Å². The molecule has 0 saturated heterocycles. The van der Waals surface area contributed by atoms with Gasteiger partial charge in [-0.05, 0) is 35.7 Å². The lowest BCUT2D eigenvalue weighted by Crippen LogP contribution is -2.13. The maximum atomic E-state index is 13.0. The third kappa shape index (κ3) is 3.57. The number of phenols is 1. The number of nitrogens with one attached hydrogen (secondary N) is 1. The number of hydrogen-bond acceptors (Lipinski definition) is 5. The Bertz CT molecular complexity index is 1170. The van der Waals surface area contributed by atoms with E-state index in [1.165, 1.54) is 29.7 Å². The number of anilines is 1. The number of rotatable bonds is 5. The molecule has 0 unspecified atom stereocenters. The Hall–Kier alpha value is -3.10. The molecule has 4 rings (SSSR count). The lowest BCUT2D eigenvalue weighted by atomic mass is 10.3. The van der Waals surface area contributed by atoms with Crippen LogP contribution in [0.5, 0.6) is 5.75 Å². The third-order valence-electron chi connectivity index (χ3n) is 3.84. The Labute approximate surface area is 160 Å². The molecule has 0 fully saturated rings. The first-order chi connectivity index (χ1) is 13.0. The first-order valence-electron chi connectivity index (χ1n) is 8.04. The van der Waals surface area contributed by atoms with Crippen molar-refractivity contribution in [2.24, 2.45) is 0 Å². The number of phenolic OH excluding ortho intramolecular Hbond substituents is 1. The van der Waals surface area contributed by atoms with Gasteiger partial charge in [-0.25, -0.2) is 13.1 Å². The first kappa shape index (κ1) is 17.3. The average Bonchev–Trinajstić information content (AvgIpc) is 3.32. The van der Waals surface area contributed by atoms with Gasteiger partial charge in [0.2, 0.25) is 0 Å². The number of thiophene rings is 1. The normalized spacial score (nSPS) is 11.4. The smallest absolute Gasteiger partial charge is 0.265 e. The predicted molar refractivity (Wildman–Crippen MR) is 106 cm³/mol. The Morgan fingerprint density at radius 1 is 1.00 bits per heavy atom. The monoisotopic (exact) mass is 397 g/mol. The highest BCUT2D eigenvalue weighted by Crippen LogP contribution is 2.32. The van der Waals surface area contributed by atoms with Crippen LogP contribution in [0.3, 0.4) is 0 Å². The van der Waals surface area contributed by atoms with Crippen LogP contribution in [0.25, 0.3) is 16.3 Å². The van der Waals surface area contributed by atoms with Gasteiger partial charge in [0.15, 0.2) is 0 Å². The van der Waals surface area contributed by atoms with Crippen LogP contribution in [0.2, 0.25) is 0 Å². The van der Waals surface area contributed by atoms with Crippen LogP contribution in [-0.2, 0) is 10.0 Å². The Balaban J connectivity index is 1.82. The van der Waals surface area contributed by atoms with E-state index in [0.717, 1.165) is 10.6 Å². The van der Waals surface area contributed by atoms with Crippen LogP contribution in [0.1, 0.15) is 0 Å². The van der Waals surface area contributed by atoms with Crippen LogP contribution in [0.15, 0.2) is 83.2 Å². The van der Waals surface area contributed by atoms with Gasteiger partial charge in [-0.1, -0.05) is 30.3 Å². The van der Waals surface area contributed by atoms with Gasteiger partial charge in [0, 0.05) is 6.07 Å². The zero-order valence-corrected chi connectivity index (χ0v) is 15.6. The molecule has 0 amide bonds. The van der Waals surface area contributed by atoms with Crippen LogP contribution in [0.4, 0.5) is 5.69 Å². The number of nitrogens with zero attached hydrogens (tertiary/aromatic N) is 2. The minimum Gasteiger partial charge on any atom is -0.508 e. The van der Waals surface area contributed by atoms with Crippen LogP contribution >= 0.6 is 11.3 Å². The molecule has 0 radical (unpaired) electrons. The molecule has 2 aromatic carbocycles. The van der Waals surface area contributed by atoms with Gasteiger partial charge in [-0.3, -0.25) is 4.72 Å². The molecule has 0 aliphatic heterocycles. The van der Waals surface area contributed by atoms with E-state index in [1.807, 2.05) is 47.8 Å². The van der Waals surface area contributed by atoms with Gasteiger partial charge in [0.1, 0.15) is 16.3 Å². The highest BCUT2D eigenvalue weighted by atomic mass is 32.2. The largest absolute Gasteiger partial charge is 0.508 e. The molecule has 0 bridgehead atoms. The highest BCUT2D eigenvalue weighted by Gasteiger charge is 2.25. The summed E-state index contributed by atoms with van der Waals surface area (Å²) in [6.45, 7) is 0. The number of hydrogen-bond donors (Lipinski definition) is 2. The quantitative estimate of drug-likeness (QED) is 0.531. The van der Waals surface area contributed by atoms with Gasteiger partial charge < -0.3 is 5.11 Å².